The minimum absolute atomic E-state index is 0.166. The fourth-order valence-electron chi connectivity index (χ4n) is 1.25. The molecule has 2 rings (SSSR count). The van der Waals surface area contributed by atoms with Crippen molar-refractivity contribution >= 4 is 16.3 Å². The first-order valence-corrected chi connectivity index (χ1v) is 5.77. The maximum atomic E-state index is 4.36. The lowest BCUT2D eigenvalue weighted by Gasteiger charge is -2.19. The second-order valence-corrected chi connectivity index (χ2v) is 5.52. The van der Waals surface area contributed by atoms with Crippen LogP contribution in [0.5, 0.6) is 0 Å². The van der Waals surface area contributed by atoms with Crippen LogP contribution in [0.15, 0.2) is 6.33 Å². The van der Waals surface area contributed by atoms with Gasteiger partial charge in [-0.1, -0.05) is 11.3 Å². The van der Waals surface area contributed by atoms with Gasteiger partial charge in [0.2, 0.25) is 4.96 Å². The van der Waals surface area contributed by atoms with Gasteiger partial charge in [0.15, 0.2) is 0 Å². The first kappa shape index (κ1) is 10.5. The van der Waals surface area contributed by atoms with Crippen molar-refractivity contribution in [2.24, 2.45) is 0 Å². The molecule has 6 heteroatoms. The lowest BCUT2D eigenvalue weighted by atomic mass is 10.1. The third-order valence-electron chi connectivity index (χ3n) is 1.92. The molecule has 0 spiro atoms. The molecule has 0 unspecified atom stereocenters. The van der Waals surface area contributed by atoms with E-state index < -0.39 is 0 Å². The molecular formula is C9H15N5S. The van der Waals surface area contributed by atoms with Crippen LogP contribution < -0.4 is 5.32 Å². The highest BCUT2D eigenvalue weighted by Crippen LogP contribution is 2.11. The maximum Gasteiger partial charge on any atom is 0.234 e. The third-order valence-corrected chi connectivity index (χ3v) is 2.90. The van der Waals surface area contributed by atoms with Crippen LogP contribution in [0.1, 0.15) is 25.8 Å². The molecule has 0 fully saturated rings. The lowest BCUT2D eigenvalue weighted by molar-refractivity contribution is 0.429. The van der Waals surface area contributed by atoms with E-state index >= 15 is 0 Å². The molecule has 2 aromatic heterocycles. The van der Waals surface area contributed by atoms with Crippen LogP contribution in [-0.2, 0) is 6.42 Å². The molecule has 0 amide bonds. The fourth-order valence-corrected chi connectivity index (χ4v) is 2.06. The van der Waals surface area contributed by atoms with Crippen LogP contribution in [0.25, 0.3) is 4.96 Å². The van der Waals surface area contributed by atoms with Crippen molar-refractivity contribution in [1.82, 2.24) is 25.1 Å². The normalized spacial score (nSPS) is 12.5. The molecule has 0 aromatic carbocycles. The zero-order valence-electron chi connectivity index (χ0n) is 9.19. The zero-order valence-corrected chi connectivity index (χ0v) is 10.0. The van der Waals surface area contributed by atoms with Gasteiger partial charge in [-0.15, -0.1) is 10.2 Å². The second-order valence-electron chi connectivity index (χ2n) is 4.48. The summed E-state index contributed by atoms with van der Waals surface area (Å²) < 4.78 is 1.72. The molecule has 15 heavy (non-hydrogen) atoms. The molecule has 0 aliphatic carbocycles. The van der Waals surface area contributed by atoms with Crippen molar-refractivity contribution in [3.63, 3.8) is 0 Å². The Morgan fingerprint density at radius 2 is 2.27 bits per heavy atom. The van der Waals surface area contributed by atoms with Gasteiger partial charge in [-0.05, 0) is 20.8 Å². The van der Waals surface area contributed by atoms with Crippen molar-refractivity contribution in [3.8, 4) is 0 Å². The summed E-state index contributed by atoms with van der Waals surface area (Å²) in [6.07, 6.45) is 2.57. The molecule has 0 bridgehead atoms. The molecule has 82 valence electrons. The van der Waals surface area contributed by atoms with Crippen LogP contribution >= 0.6 is 11.3 Å². The summed E-state index contributed by atoms with van der Waals surface area (Å²) in [7, 11) is 0. The van der Waals surface area contributed by atoms with Crippen molar-refractivity contribution in [2.75, 3.05) is 6.54 Å². The van der Waals surface area contributed by atoms with E-state index in [1.54, 1.807) is 22.2 Å². The van der Waals surface area contributed by atoms with Gasteiger partial charge in [0.1, 0.15) is 11.3 Å². The predicted molar refractivity (Wildman–Crippen MR) is 60.1 cm³/mol. The average molecular weight is 225 g/mol. The average Bonchev–Trinajstić information content (AvgIpc) is 2.60. The van der Waals surface area contributed by atoms with Crippen molar-refractivity contribution in [3.05, 3.63) is 11.3 Å². The number of nitrogens with zero attached hydrogens (tertiary/aromatic N) is 4. The van der Waals surface area contributed by atoms with Gasteiger partial charge in [-0.2, -0.15) is 9.61 Å². The van der Waals surface area contributed by atoms with Gasteiger partial charge in [0.05, 0.1) is 0 Å². The van der Waals surface area contributed by atoms with Crippen molar-refractivity contribution < 1.29 is 0 Å². The summed E-state index contributed by atoms with van der Waals surface area (Å²) in [5, 5.41) is 16.6. The zero-order chi connectivity index (χ0) is 10.9. The predicted octanol–water partition coefficient (Wildman–Crippen LogP) is 1.12. The van der Waals surface area contributed by atoms with Crippen LogP contribution in [-0.4, -0.2) is 31.9 Å². The summed E-state index contributed by atoms with van der Waals surface area (Å²) >= 11 is 1.59. The Morgan fingerprint density at radius 3 is 2.93 bits per heavy atom. The highest BCUT2D eigenvalue weighted by molar-refractivity contribution is 7.16. The third kappa shape index (κ3) is 2.73. The number of hydrogen-bond acceptors (Lipinski definition) is 5. The monoisotopic (exact) mass is 225 g/mol. The van der Waals surface area contributed by atoms with E-state index in [9.17, 15) is 0 Å². The highest BCUT2D eigenvalue weighted by Gasteiger charge is 2.09. The van der Waals surface area contributed by atoms with Gasteiger partial charge in [0, 0.05) is 18.5 Å². The maximum absolute atomic E-state index is 4.36. The van der Waals surface area contributed by atoms with E-state index in [2.05, 4.69) is 41.4 Å². The van der Waals surface area contributed by atoms with E-state index in [4.69, 9.17) is 0 Å². The van der Waals surface area contributed by atoms with Crippen LogP contribution in [0, 0.1) is 0 Å². The molecule has 2 aromatic rings. The van der Waals surface area contributed by atoms with E-state index in [0.29, 0.717) is 0 Å². The standard InChI is InChI=1S/C9H15N5S/c1-9(2,3)10-5-4-7-13-14-6-11-12-8(14)15-7/h6,10H,4-5H2,1-3H3. The molecular weight excluding hydrogens is 210 g/mol. The molecule has 2 heterocycles. The van der Waals surface area contributed by atoms with E-state index in [1.165, 1.54) is 0 Å². The molecule has 0 atom stereocenters. The summed E-state index contributed by atoms with van der Waals surface area (Å²) in [6, 6.07) is 0. The number of nitrogens with one attached hydrogen (secondary N) is 1. The van der Waals surface area contributed by atoms with Gasteiger partial charge >= 0.3 is 0 Å². The number of fused-ring (bicyclic) bond motifs is 1. The summed E-state index contributed by atoms with van der Waals surface area (Å²) in [5.41, 5.74) is 0.166. The van der Waals surface area contributed by atoms with Gasteiger partial charge in [-0.25, -0.2) is 0 Å². The van der Waals surface area contributed by atoms with E-state index in [0.717, 1.165) is 22.9 Å². The van der Waals surface area contributed by atoms with Crippen LogP contribution in [0.3, 0.4) is 0 Å². The quantitative estimate of drug-likeness (QED) is 0.850. The second kappa shape index (κ2) is 3.86. The molecule has 0 radical (unpaired) electrons. The molecule has 0 aliphatic rings. The highest BCUT2D eigenvalue weighted by atomic mass is 32.1. The minimum atomic E-state index is 0.166. The topological polar surface area (TPSA) is 55.1 Å². The molecule has 5 nitrogen and oxygen atoms in total. The van der Waals surface area contributed by atoms with Crippen LogP contribution in [0.4, 0.5) is 0 Å². The summed E-state index contributed by atoms with van der Waals surface area (Å²) in [4.78, 5) is 0.862. The summed E-state index contributed by atoms with van der Waals surface area (Å²) in [6.45, 7) is 7.41. The molecule has 1 N–H and O–H groups in total. The molecule has 0 saturated heterocycles. The van der Waals surface area contributed by atoms with Crippen LogP contribution in [0.2, 0.25) is 0 Å². The fraction of sp³-hybridized carbons (Fsp3) is 0.667. The Kier molecular flexibility index (Phi) is 2.70. The minimum Gasteiger partial charge on any atom is -0.312 e. The number of aromatic nitrogens is 4. The molecule has 0 saturated carbocycles. The SMILES string of the molecule is CC(C)(C)NCCc1nn2cnnc2s1. The smallest absolute Gasteiger partial charge is 0.234 e. The number of hydrogen-bond donors (Lipinski definition) is 1. The Labute approximate surface area is 92.5 Å². The lowest BCUT2D eigenvalue weighted by Crippen LogP contribution is -2.37. The first-order valence-electron chi connectivity index (χ1n) is 4.95. The van der Waals surface area contributed by atoms with E-state index in [1.807, 2.05) is 0 Å². The Morgan fingerprint density at radius 1 is 1.47 bits per heavy atom. The largest absolute Gasteiger partial charge is 0.312 e. The molecule has 0 aliphatic heterocycles. The van der Waals surface area contributed by atoms with Crippen molar-refractivity contribution in [2.45, 2.75) is 32.7 Å². The summed E-state index contributed by atoms with van der Waals surface area (Å²) in [5.74, 6) is 0. The Bertz CT molecular complexity index is 410. The van der Waals surface area contributed by atoms with E-state index in [-0.39, 0.29) is 5.54 Å². The van der Waals surface area contributed by atoms with Crippen molar-refractivity contribution in [1.29, 1.82) is 0 Å². The van der Waals surface area contributed by atoms with Gasteiger partial charge in [-0.3, -0.25) is 0 Å². The Balaban J connectivity index is 1.93. The Hall–Kier alpha value is -1.01. The van der Waals surface area contributed by atoms with Gasteiger partial charge < -0.3 is 5.32 Å². The number of rotatable bonds is 3. The van der Waals surface area contributed by atoms with Gasteiger partial charge in [0.25, 0.3) is 0 Å². The first-order chi connectivity index (χ1) is 7.04.